The van der Waals surface area contributed by atoms with Crippen molar-refractivity contribution in [2.24, 2.45) is 11.8 Å². The Morgan fingerprint density at radius 3 is 2.75 bits per heavy atom. The lowest BCUT2D eigenvalue weighted by Gasteiger charge is -2.13. The number of aliphatic hydroxyl groups is 1. The van der Waals surface area contributed by atoms with Crippen LogP contribution >= 0.6 is 0 Å². The second-order valence-corrected chi connectivity index (χ2v) is 7.32. The number of unbranched alkanes of at least 4 members (excludes halogenated alkanes) is 2. The number of Topliss-reactive ketones (excluding diaryl/α,β-unsaturated/α-hetero) is 1. The minimum absolute atomic E-state index is 0.0779. The highest BCUT2D eigenvalue weighted by Gasteiger charge is 2.26. The fraction of sp³-hybridized carbons (Fsp3) is 0.609. The van der Waals surface area contributed by atoms with Crippen LogP contribution in [0, 0.1) is 11.8 Å². The Hall–Kier alpha value is -2.01. The van der Waals surface area contributed by atoms with E-state index in [9.17, 15) is 19.5 Å². The lowest BCUT2D eigenvalue weighted by Crippen LogP contribution is -2.13. The number of hydrogen-bond acceptors (Lipinski definition) is 5. The van der Waals surface area contributed by atoms with Gasteiger partial charge in [0.1, 0.15) is 6.61 Å². The van der Waals surface area contributed by atoms with Crippen LogP contribution in [0.4, 0.5) is 0 Å². The minimum atomic E-state index is -0.442. The van der Waals surface area contributed by atoms with Crippen molar-refractivity contribution in [1.82, 2.24) is 0 Å². The summed E-state index contributed by atoms with van der Waals surface area (Å²) in [4.78, 5) is 34.2. The first-order valence-electron chi connectivity index (χ1n) is 10.3. The molecule has 28 heavy (non-hydrogen) atoms. The van der Waals surface area contributed by atoms with Crippen LogP contribution in [0.25, 0.3) is 0 Å². The van der Waals surface area contributed by atoms with Gasteiger partial charge in [-0.1, -0.05) is 50.1 Å². The topological polar surface area (TPSA) is 80.7 Å². The van der Waals surface area contributed by atoms with Crippen molar-refractivity contribution in [3.05, 3.63) is 36.5 Å². The molecular formula is C23H34O5. The van der Waals surface area contributed by atoms with Crippen molar-refractivity contribution >= 4 is 17.5 Å². The molecule has 0 aromatic heterocycles. The maximum Gasteiger partial charge on any atom is 0.303 e. The van der Waals surface area contributed by atoms with Crippen LogP contribution in [0.2, 0.25) is 0 Å². The van der Waals surface area contributed by atoms with Crippen LogP contribution in [0.1, 0.15) is 65.2 Å². The molecule has 0 saturated heterocycles. The van der Waals surface area contributed by atoms with Gasteiger partial charge >= 0.3 is 5.97 Å². The van der Waals surface area contributed by atoms with E-state index in [0.29, 0.717) is 25.7 Å². The zero-order chi connectivity index (χ0) is 20.8. The van der Waals surface area contributed by atoms with Crippen LogP contribution in [0.15, 0.2) is 36.5 Å². The number of hydrogen-bond donors (Lipinski definition) is 1. The monoisotopic (exact) mass is 390 g/mol. The van der Waals surface area contributed by atoms with E-state index in [4.69, 9.17) is 0 Å². The number of esters is 1. The molecule has 156 valence electrons. The molecular weight excluding hydrogens is 356 g/mol. The summed E-state index contributed by atoms with van der Waals surface area (Å²) in [5.41, 5.74) is 0. The van der Waals surface area contributed by atoms with Gasteiger partial charge in [-0.2, -0.15) is 0 Å². The molecule has 1 aliphatic rings. The predicted octanol–water partition coefficient (Wildman–Crippen LogP) is 4.10. The summed E-state index contributed by atoms with van der Waals surface area (Å²) in [5, 5.41) is 9.90. The Morgan fingerprint density at radius 2 is 2.04 bits per heavy atom. The van der Waals surface area contributed by atoms with E-state index >= 15 is 0 Å². The van der Waals surface area contributed by atoms with Crippen molar-refractivity contribution in [3.63, 3.8) is 0 Å². The molecule has 0 bridgehead atoms. The molecule has 0 aromatic carbocycles. The second-order valence-electron chi connectivity index (χ2n) is 7.32. The third-order valence-electron chi connectivity index (χ3n) is 4.79. The van der Waals surface area contributed by atoms with Crippen molar-refractivity contribution in [3.8, 4) is 0 Å². The van der Waals surface area contributed by atoms with E-state index in [2.05, 4.69) is 11.7 Å². The molecule has 0 aliphatic heterocycles. The van der Waals surface area contributed by atoms with Crippen LogP contribution in [-0.4, -0.2) is 35.4 Å². The Labute approximate surface area is 168 Å². The molecule has 1 aliphatic carbocycles. The molecule has 0 spiro atoms. The highest BCUT2D eigenvalue weighted by molar-refractivity contribution is 5.95. The third-order valence-corrected chi connectivity index (χ3v) is 4.79. The molecule has 3 atom stereocenters. The summed E-state index contributed by atoms with van der Waals surface area (Å²) in [6.07, 6.45) is 17.3. The first-order valence-corrected chi connectivity index (χ1v) is 10.3. The molecule has 5 nitrogen and oxygen atoms in total. The Balaban J connectivity index is 2.29. The Morgan fingerprint density at radius 1 is 1.25 bits per heavy atom. The summed E-state index contributed by atoms with van der Waals surface area (Å²) in [6, 6.07) is 0. The molecule has 0 fully saturated rings. The third kappa shape index (κ3) is 10.4. The Kier molecular flexibility index (Phi) is 12.1. The maximum absolute atomic E-state index is 12.1. The van der Waals surface area contributed by atoms with Gasteiger partial charge in [-0.3, -0.25) is 14.4 Å². The lowest BCUT2D eigenvalue weighted by molar-refractivity contribution is -0.145. The van der Waals surface area contributed by atoms with Gasteiger partial charge in [0, 0.05) is 25.2 Å². The normalized spacial score (nSPS) is 20.3. The fourth-order valence-electron chi connectivity index (χ4n) is 3.11. The molecule has 1 rings (SSSR count). The van der Waals surface area contributed by atoms with Gasteiger partial charge < -0.3 is 9.84 Å². The smallest absolute Gasteiger partial charge is 0.303 e. The molecule has 0 aromatic rings. The minimum Gasteiger partial charge on any atom is -0.458 e. The van der Waals surface area contributed by atoms with E-state index in [1.165, 1.54) is 6.92 Å². The van der Waals surface area contributed by atoms with Crippen LogP contribution < -0.4 is 0 Å². The number of carbonyl (C=O) groups is 3. The summed E-state index contributed by atoms with van der Waals surface area (Å²) in [7, 11) is 0. The van der Waals surface area contributed by atoms with Gasteiger partial charge in [-0.25, -0.2) is 0 Å². The maximum atomic E-state index is 12.1. The van der Waals surface area contributed by atoms with Gasteiger partial charge in [0.15, 0.2) is 11.6 Å². The quantitative estimate of drug-likeness (QED) is 0.274. The fourth-order valence-corrected chi connectivity index (χ4v) is 3.11. The molecule has 5 heteroatoms. The number of ether oxygens (including phenoxy) is 1. The van der Waals surface area contributed by atoms with E-state index in [-0.39, 0.29) is 36.1 Å². The van der Waals surface area contributed by atoms with Gasteiger partial charge in [0.25, 0.3) is 0 Å². The van der Waals surface area contributed by atoms with Gasteiger partial charge in [0.05, 0.1) is 6.10 Å². The summed E-state index contributed by atoms with van der Waals surface area (Å²) < 4.78 is 4.67. The second kappa shape index (κ2) is 14.1. The SMILES string of the molecule is CCCC[C@@H](O)C/C=C/[C@H]1C=CC(=O)[C@@H]1C/C=C\CCCC(=O)COC(C)=O. The van der Waals surface area contributed by atoms with Crippen LogP contribution in [-0.2, 0) is 19.1 Å². The van der Waals surface area contributed by atoms with E-state index < -0.39 is 5.97 Å². The average Bonchev–Trinajstić information content (AvgIpc) is 3.01. The molecule has 0 heterocycles. The zero-order valence-electron chi connectivity index (χ0n) is 17.1. The number of rotatable bonds is 14. The Bertz CT molecular complexity index is 588. The number of carbonyl (C=O) groups excluding carboxylic acids is 3. The average molecular weight is 391 g/mol. The molecule has 0 saturated carbocycles. The molecule has 0 amide bonds. The molecule has 0 radical (unpaired) electrons. The van der Waals surface area contributed by atoms with Gasteiger partial charge in [0.2, 0.25) is 0 Å². The highest BCUT2D eigenvalue weighted by atomic mass is 16.5. The van der Waals surface area contributed by atoms with Crippen molar-refractivity contribution < 1.29 is 24.2 Å². The number of allylic oxidation sites excluding steroid dienone is 5. The van der Waals surface area contributed by atoms with Crippen LogP contribution in [0.3, 0.4) is 0 Å². The zero-order valence-corrected chi connectivity index (χ0v) is 17.1. The van der Waals surface area contributed by atoms with Crippen molar-refractivity contribution in [2.75, 3.05) is 6.61 Å². The van der Waals surface area contributed by atoms with Gasteiger partial charge in [-0.05, 0) is 38.2 Å². The standard InChI is InChI=1S/C23H34O5/c1-3-4-11-20(25)13-9-10-19-15-16-23(27)22(19)14-8-6-5-7-12-21(26)17-28-18(2)24/h6,8-10,15-16,19-20,22,25H,3-5,7,11-14,17H2,1-2H3/b8-6-,10-9+/t19-,20+,22+/m0/s1. The van der Waals surface area contributed by atoms with Crippen molar-refractivity contribution in [1.29, 1.82) is 0 Å². The first kappa shape index (κ1) is 24.0. The predicted molar refractivity (Wildman–Crippen MR) is 110 cm³/mol. The summed E-state index contributed by atoms with van der Waals surface area (Å²) in [6.45, 7) is 3.24. The lowest BCUT2D eigenvalue weighted by atomic mass is 9.90. The first-order chi connectivity index (χ1) is 13.4. The molecule has 0 unspecified atom stereocenters. The van der Waals surface area contributed by atoms with E-state index in [1.54, 1.807) is 6.08 Å². The number of aliphatic hydroxyl groups excluding tert-OH is 1. The summed E-state index contributed by atoms with van der Waals surface area (Å²) >= 11 is 0. The van der Waals surface area contributed by atoms with Crippen LogP contribution in [0.5, 0.6) is 0 Å². The van der Waals surface area contributed by atoms with E-state index in [0.717, 1.165) is 25.7 Å². The molecule has 1 N–H and O–H groups in total. The van der Waals surface area contributed by atoms with E-state index in [1.807, 2.05) is 30.4 Å². The highest BCUT2D eigenvalue weighted by Crippen LogP contribution is 2.27. The number of ketones is 2. The van der Waals surface area contributed by atoms with Crippen molar-refractivity contribution in [2.45, 2.75) is 71.3 Å². The van der Waals surface area contributed by atoms with Gasteiger partial charge in [-0.15, -0.1) is 0 Å². The summed E-state index contributed by atoms with van der Waals surface area (Å²) in [5.74, 6) is -0.374. The largest absolute Gasteiger partial charge is 0.458 e.